The zero-order valence-electron chi connectivity index (χ0n) is 16.4. The minimum atomic E-state index is -0.341. The van der Waals surface area contributed by atoms with Crippen molar-refractivity contribution in [1.29, 1.82) is 0 Å². The van der Waals surface area contributed by atoms with Crippen LogP contribution in [0, 0.1) is 0 Å². The highest BCUT2D eigenvalue weighted by atomic mass is 32.1. The summed E-state index contributed by atoms with van der Waals surface area (Å²) < 4.78 is 7.11. The predicted molar refractivity (Wildman–Crippen MR) is 114 cm³/mol. The summed E-state index contributed by atoms with van der Waals surface area (Å²) in [5.41, 5.74) is 3.38. The van der Waals surface area contributed by atoms with E-state index in [1.807, 2.05) is 18.2 Å². The number of benzene rings is 2. The first-order valence-electron chi connectivity index (χ1n) is 9.38. The summed E-state index contributed by atoms with van der Waals surface area (Å²) in [5.74, 6) is -0.401. The Morgan fingerprint density at radius 1 is 1.10 bits per heavy atom. The van der Waals surface area contributed by atoms with Crippen molar-refractivity contribution in [3.05, 3.63) is 70.3 Å². The highest BCUT2D eigenvalue weighted by molar-refractivity contribution is 7.07. The van der Waals surface area contributed by atoms with E-state index in [4.69, 9.17) is 9.73 Å². The molecule has 1 N–H and O–H groups in total. The fourth-order valence-corrected chi connectivity index (χ4v) is 3.77. The molecule has 0 bridgehead atoms. The Hall–Kier alpha value is -3.19. The summed E-state index contributed by atoms with van der Waals surface area (Å²) in [6.45, 7) is 4.75. The van der Waals surface area contributed by atoms with E-state index in [1.54, 1.807) is 31.2 Å². The van der Waals surface area contributed by atoms with Gasteiger partial charge in [-0.1, -0.05) is 30.3 Å². The maximum absolute atomic E-state index is 11.8. The number of ether oxygens (including phenoxy) is 1. The van der Waals surface area contributed by atoms with Gasteiger partial charge in [0.25, 0.3) is 0 Å². The Bertz CT molecular complexity index is 1040. The molecule has 0 saturated heterocycles. The van der Waals surface area contributed by atoms with Crippen LogP contribution in [0.5, 0.6) is 0 Å². The summed E-state index contributed by atoms with van der Waals surface area (Å²) in [4.78, 5) is 28.6. The zero-order valence-corrected chi connectivity index (χ0v) is 17.2. The van der Waals surface area contributed by atoms with Crippen LogP contribution in [-0.2, 0) is 16.1 Å². The average Bonchev–Trinajstić information content (AvgIpc) is 3.11. The lowest BCUT2D eigenvalue weighted by atomic mass is 10.2. The zero-order chi connectivity index (χ0) is 20.6. The molecule has 1 aromatic heterocycles. The van der Waals surface area contributed by atoms with Crippen LogP contribution in [0.25, 0.3) is 11.3 Å². The molecule has 0 aliphatic heterocycles. The molecule has 2 aromatic carbocycles. The second kappa shape index (κ2) is 9.84. The van der Waals surface area contributed by atoms with E-state index in [0.717, 1.165) is 21.7 Å². The Morgan fingerprint density at radius 3 is 2.48 bits per heavy atom. The summed E-state index contributed by atoms with van der Waals surface area (Å²) in [5, 5.41) is 4.90. The van der Waals surface area contributed by atoms with Crippen molar-refractivity contribution in [1.82, 2.24) is 9.88 Å². The fourth-order valence-electron chi connectivity index (χ4n) is 2.82. The first-order valence-corrected chi connectivity index (χ1v) is 10.3. The summed E-state index contributed by atoms with van der Waals surface area (Å²) >= 11 is 1.54. The number of rotatable bonds is 7. The second-order valence-electron chi connectivity index (χ2n) is 6.28. The molecule has 3 aromatic rings. The van der Waals surface area contributed by atoms with Crippen molar-refractivity contribution in [3.8, 4) is 11.3 Å². The van der Waals surface area contributed by atoms with Gasteiger partial charge < -0.3 is 14.6 Å². The third-order valence-electron chi connectivity index (χ3n) is 4.18. The number of aromatic nitrogens is 1. The number of carbonyl (C=O) groups is 2. The van der Waals surface area contributed by atoms with Crippen LogP contribution in [0.3, 0.4) is 0 Å². The van der Waals surface area contributed by atoms with Gasteiger partial charge in [0.15, 0.2) is 4.80 Å². The molecule has 0 radical (unpaired) electrons. The first kappa shape index (κ1) is 20.5. The lowest BCUT2D eigenvalue weighted by Crippen LogP contribution is -2.28. The molecule has 6 nitrogen and oxygen atoms in total. The van der Waals surface area contributed by atoms with Gasteiger partial charge >= 0.3 is 5.97 Å². The summed E-state index contributed by atoms with van der Waals surface area (Å²) in [6.07, 6.45) is 0. The van der Waals surface area contributed by atoms with Crippen molar-refractivity contribution in [2.24, 2.45) is 4.99 Å². The van der Waals surface area contributed by atoms with Crippen LogP contribution >= 0.6 is 11.3 Å². The number of thiazole rings is 1. The van der Waals surface area contributed by atoms with Gasteiger partial charge in [0.2, 0.25) is 5.91 Å². The monoisotopic (exact) mass is 409 g/mol. The lowest BCUT2D eigenvalue weighted by molar-refractivity contribution is -0.118. The van der Waals surface area contributed by atoms with E-state index >= 15 is 0 Å². The van der Waals surface area contributed by atoms with Crippen LogP contribution < -0.4 is 10.1 Å². The van der Waals surface area contributed by atoms with Crippen molar-refractivity contribution < 1.29 is 14.3 Å². The highest BCUT2D eigenvalue weighted by Crippen LogP contribution is 2.20. The third kappa shape index (κ3) is 5.42. The van der Waals surface area contributed by atoms with Gasteiger partial charge in [-0.2, -0.15) is 0 Å². The molecular formula is C22H23N3O3S. The quantitative estimate of drug-likeness (QED) is 0.604. The molecule has 0 fully saturated rings. The van der Waals surface area contributed by atoms with Gasteiger partial charge in [0.05, 0.1) is 23.6 Å². The molecule has 7 heteroatoms. The van der Waals surface area contributed by atoms with Gasteiger partial charge in [-0.3, -0.25) is 4.79 Å². The molecule has 150 valence electrons. The maximum atomic E-state index is 11.8. The minimum absolute atomic E-state index is 0.0601. The van der Waals surface area contributed by atoms with E-state index in [9.17, 15) is 9.59 Å². The molecule has 0 aliphatic rings. The van der Waals surface area contributed by atoms with Gasteiger partial charge in [0.1, 0.15) is 0 Å². The smallest absolute Gasteiger partial charge is 0.338 e. The molecule has 0 saturated carbocycles. The minimum Gasteiger partial charge on any atom is -0.462 e. The van der Waals surface area contributed by atoms with Crippen molar-refractivity contribution in [3.63, 3.8) is 0 Å². The SMILES string of the molecule is CCOC(=O)c1ccc(N=c2scc(-c3ccccc3)n2CCNC(C)=O)cc1. The number of carbonyl (C=O) groups excluding carboxylic acids is 2. The number of nitrogens with zero attached hydrogens (tertiary/aromatic N) is 2. The van der Waals surface area contributed by atoms with E-state index < -0.39 is 0 Å². The second-order valence-corrected chi connectivity index (χ2v) is 7.12. The van der Waals surface area contributed by atoms with Crippen molar-refractivity contribution >= 4 is 28.9 Å². The number of hydrogen-bond donors (Lipinski definition) is 1. The Balaban J connectivity index is 1.94. The molecular weight excluding hydrogens is 386 g/mol. The number of hydrogen-bond acceptors (Lipinski definition) is 5. The molecule has 0 unspecified atom stereocenters. The predicted octanol–water partition coefficient (Wildman–Crippen LogP) is 3.76. The summed E-state index contributed by atoms with van der Waals surface area (Å²) in [6, 6.07) is 17.1. The van der Waals surface area contributed by atoms with Crippen molar-refractivity contribution in [2.45, 2.75) is 20.4 Å². The van der Waals surface area contributed by atoms with Crippen LogP contribution in [-0.4, -0.2) is 29.6 Å². The molecule has 1 heterocycles. The maximum Gasteiger partial charge on any atom is 0.338 e. The summed E-state index contributed by atoms with van der Waals surface area (Å²) in [7, 11) is 0. The average molecular weight is 410 g/mol. The van der Waals surface area contributed by atoms with E-state index in [-0.39, 0.29) is 11.9 Å². The van der Waals surface area contributed by atoms with E-state index in [2.05, 4.69) is 27.4 Å². The van der Waals surface area contributed by atoms with Crippen molar-refractivity contribution in [2.75, 3.05) is 13.2 Å². The van der Waals surface area contributed by atoms with Gasteiger partial charge in [0, 0.05) is 25.4 Å². The van der Waals surface area contributed by atoms with E-state index in [1.165, 1.54) is 18.3 Å². The molecule has 3 rings (SSSR count). The van der Waals surface area contributed by atoms with Gasteiger partial charge in [-0.15, -0.1) is 11.3 Å². The largest absolute Gasteiger partial charge is 0.462 e. The Kier molecular flexibility index (Phi) is 6.97. The fraction of sp³-hybridized carbons (Fsp3) is 0.227. The molecule has 0 aliphatic carbocycles. The van der Waals surface area contributed by atoms with Crippen LogP contribution in [0.4, 0.5) is 5.69 Å². The first-order chi connectivity index (χ1) is 14.1. The number of esters is 1. The highest BCUT2D eigenvalue weighted by Gasteiger charge is 2.09. The number of amides is 1. The van der Waals surface area contributed by atoms with Gasteiger partial charge in [-0.05, 0) is 36.8 Å². The van der Waals surface area contributed by atoms with Gasteiger partial charge in [-0.25, -0.2) is 9.79 Å². The molecule has 0 atom stereocenters. The normalized spacial score (nSPS) is 11.3. The van der Waals surface area contributed by atoms with E-state index in [0.29, 0.717) is 25.3 Å². The third-order valence-corrected chi connectivity index (χ3v) is 5.04. The topological polar surface area (TPSA) is 72.7 Å². The molecule has 1 amide bonds. The van der Waals surface area contributed by atoms with Crippen LogP contribution in [0.2, 0.25) is 0 Å². The Morgan fingerprint density at radius 2 is 1.83 bits per heavy atom. The Labute approximate surface area is 173 Å². The van der Waals surface area contributed by atoms with Crippen LogP contribution in [0.15, 0.2) is 65.0 Å². The standard InChI is InChI=1S/C22H23N3O3S/c1-3-28-21(27)18-9-11-19(12-10-18)24-22-25(14-13-23-16(2)26)20(15-29-22)17-7-5-4-6-8-17/h4-12,15H,3,13-14H2,1-2H3,(H,23,26). The molecule has 29 heavy (non-hydrogen) atoms. The molecule has 0 spiro atoms. The van der Waals surface area contributed by atoms with Crippen LogP contribution in [0.1, 0.15) is 24.2 Å². The lowest BCUT2D eigenvalue weighted by Gasteiger charge is -2.09. The number of nitrogens with one attached hydrogen (secondary N) is 1.